The monoisotopic (exact) mass is 358 g/mol. The minimum absolute atomic E-state index is 0. The van der Waals surface area contributed by atoms with Crippen LogP contribution in [0.1, 0.15) is 23.2 Å². The van der Waals surface area contributed by atoms with Gasteiger partial charge >= 0.3 is 0 Å². The van der Waals surface area contributed by atoms with Crippen LogP contribution in [-0.2, 0) is 9.47 Å². The molecule has 1 aromatic rings. The molecule has 2 N–H and O–H groups in total. The highest BCUT2D eigenvalue weighted by atomic mass is 35.5. The number of amides is 1. The summed E-state index contributed by atoms with van der Waals surface area (Å²) in [6.07, 6.45) is 2.36. The Morgan fingerprint density at radius 2 is 2.04 bits per heavy atom. The van der Waals surface area contributed by atoms with Crippen LogP contribution in [0.4, 0.5) is 0 Å². The fourth-order valence-electron chi connectivity index (χ4n) is 2.33. The van der Waals surface area contributed by atoms with Gasteiger partial charge in [-0.25, -0.2) is 0 Å². The molecular formula is C17H27ClN2O4. The van der Waals surface area contributed by atoms with Crippen molar-refractivity contribution < 1.29 is 19.0 Å². The van der Waals surface area contributed by atoms with Gasteiger partial charge in [-0.3, -0.25) is 4.79 Å². The predicted molar refractivity (Wildman–Crippen MR) is 95.2 cm³/mol. The van der Waals surface area contributed by atoms with E-state index in [1.165, 1.54) is 0 Å². The summed E-state index contributed by atoms with van der Waals surface area (Å²) >= 11 is 0. The average Bonchev–Trinajstić information content (AvgIpc) is 3.10. The number of carbonyl (C=O) groups is 1. The normalized spacial score (nSPS) is 16.5. The van der Waals surface area contributed by atoms with E-state index in [0.717, 1.165) is 38.3 Å². The van der Waals surface area contributed by atoms with E-state index < -0.39 is 0 Å². The molecule has 6 nitrogen and oxygen atoms in total. The highest BCUT2D eigenvalue weighted by molar-refractivity contribution is 5.94. The number of hydrogen-bond acceptors (Lipinski definition) is 5. The lowest BCUT2D eigenvalue weighted by atomic mass is 10.2. The third-order valence-corrected chi connectivity index (χ3v) is 3.65. The molecule has 7 heteroatoms. The summed E-state index contributed by atoms with van der Waals surface area (Å²) in [7, 11) is 1.66. The van der Waals surface area contributed by atoms with Crippen LogP contribution < -0.4 is 15.4 Å². The zero-order chi connectivity index (χ0) is 16.3. The van der Waals surface area contributed by atoms with Crippen molar-refractivity contribution in [1.29, 1.82) is 0 Å². The first-order chi connectivity index (χ1) is 11.3. The minimum atomic E-state index is -0.0794. The van der Waals surface area contributed by atoms with Gasteiger partial charge in [-0.2, -0.15) is 0 Å². The van der Waals surface area contributed by atoms with Gasteiger partial charge in [-0.15, -0.1) is 12.4 Å². The molecule has 2 rings (SSSR count). The first-order valence-electron chi connectivity index (χ1n) is 8.12. The molecule has 1 heterocycles. The molecule has 0 radical (unpaired) electrons. The van der Waals surface area contributed by atoms with Crippen LogP contribution in [0, 0.1) is 0 Å². The Morgan fingerprint density at radius 1 is 1.25 bits per heavy atom. The topological polar surface area (TPSA) is 68.8 Å². The molecule has 0 aromatic heterocycles. The lowest BCUT2D eigenvalue weighted by molar-refractivity contribution is 0.0679. The van der Waals surface area contributed by atoms with Crippen molar-refractivity contribution in [2.45, 2.75) is 18.9 Å². The van der Waals surface area contributed by atoms with Gasteiger partial charge in [-0.05, 0) is 37.1 Å². The number of carbonyl (C=O) groups excluding carboxylic acids is 1. The fraction of sp³-hybridized carbons (Fsp3) is 0.588. The molecule has 1 aliphatic heterocycles. The van der Waals surface area contributed by atoms with Crippen molar-refractivity contribution in [3.8, 4) is 5.75 Å². The summed E-state index contributed by atoms with van der Waals surface area (Å²) in [6.45, 7) is 4.15. The third kappa shape index (κ3) is 7.49. The van der Waals surface area contributed by atoms with Gasteiger partial charge in [0, 0.05) is 38.9 Å². The first-order valence-corrected chi connectivity index (χ1v) is 8.12. The van der Waals surface area contributed by atoms with Crippen molar-refractivity contribution in [3.63, 3.8) is 0 Å². The first kappa shape index (κ1) is 20.7. The summed E-state index contributed by atoms with van der Waals surface area (Å²) in [5, 5.41) is 6.04. The van der Waals surface area contributed by atoms with Crippen molar-refractivity contribution in [2.24, 2.45) is 0 Å². The number of methoxy groups -OCH3 is 1. The van der Waals surface area contributed by atoms with Crippen molar-refractivity contribution >= 4 is 18.3 Å². The van der Waals surface area contributed by atoms with Crippen LogP contribution in [0.5, 0.6) is 5.75 Å². The number of benzene rings is 1. The molecule has 1 atom stereocenters. The maximum absolute atomic E-state index is 12.0. The Hall–Kier alpha value is -1.34. The lowest BCUT2D eigenvalue weighted by Crippen LogP contribution is -2.33. The number of ether oxygens (including phenoxy) is 3. The second-order valence-electron chi connectivity index (χ2n) is 5.47. The molecule has 1 aromatic carbocycles. The fourth-order valence-corrected chi connectivity index (χ4v) is 2.33. The molecule has 0 bridgehead atoms. The second-order valence-corrected chi connectivity index (χ2v) is 5.47. The zero-order valence-corrected chi connectivity index (χ0v) is 14.9. The highest BCUT2D eigenvalue weighted by Gasteiger charge is 2.16. The molecule has 0 aliphatic carbocycles. The number of rotatable bonds is 10. The maximum atomic E-state index is 12.0. The summed E-state index contributed by atoms with van der Waals surface area (Å²) < 4.78 is 16.1. The summed E-state index contributed by atoms with van der Waals surface area (Å²) in [6, 6.07) is 7.19. The van der Waals surface area contributed by atoms with E-state index in [1.807, 2.05) is 12.1 Å². The molecule has 1 unspecified atom stereocenters. The molecule has 1 fully saturated rings. The minimum Gasteiger partial charge on any atom is -0.491 e. The van der Waals surface area contributed by atoms with Crippen LogP contribution in [0.25, 0.3) is 0 Å². The van der Waals surface area contributed by atoms with Crippen LogP contribution >= 0.6 is 12.4 Å². The SMILES string of the molecule is COCCNCCNC(=O)c1ccc(OCC2CCCO2)cc1.Cl. The van der Waals surface area contributed by atoms with Crippen LogP contribution in [0.15, 0.2) is 24.3 Å². The molecule has 1 amide bonds. The lowest BCUT2D eigenvalue weighted by Gasteiger charge is -2.12. The largest absolute Gasteiger partial charge is 0.491 e. The van der Waals surface area contributed by atoms with Gasteiger partial charge < -0.3 is 24.8 Å². The molecule has 1 aliphatic rings. The number of halogens is 1. The van der Waals surface area contributed by atoms with E-state index in [4.69, 9.17) is 14.2 Å². The highest BCUT2D eigenvalue weighted by Crippen LogP contribution is 2.16. The predicted octanol–water partition coefficient (Wildman–Crippen LogP) is 1.63. The van der Waals surface area contributed by atoms with E-state index in [9.17, 15) is 4.79 Å². The zero-order valence-electron chi connectivity index (χ0n) is 14.1. The van der Waals surface area contributed by atoms with Crippen LogP contribution in [0.3, 0.4) is 0 Å². The van der Waals surface area contributed by atoms with Crippen molar-refractivity contribution in [1.82, 2.24) is 10.6 Å². The van der Waals surface area contributed by atoms with Gasteiger partial charge in [0.15, 0.2) is 0 Å². The van der Waals surface area contributed by atoms with E-state index >= 15 is 0 Å². The smallest absolute Gasteiger partial charge is 0.251 e. The van der Waals surface area contributed by atoms with E-state index in [1.54, 1.807) is 19.2 Å². The third-order valence-electron chi connectivity index (χ3n) is 3.65. The standard InChI is InChI=1S/C17H26N2O4.ClH/c1-21-12-10-18-8-9-19-17(20)14-4-6-15(7-5-14)23-13-16-3-2-11-22-16;/h4-7,16,18H,2-3,8-13H2,1H3,(H,19,20);1H. The van der Waals surface area contributed by atoms with Gasteiger partial charge in [0.2, 0.25) is 0 Å². The van der Waals surface area contributed by atoms with Crippen molar-refractivity contribution in [2.75, 3.05) is 46.6 Å². The summed E-state index contributed by atoms with van der Waals surface area (Å²) in [5.41, 5.74) is 0.631. The van der Waals surface area contributed by atoms with Crippen molar-refractivity contribution in [3.05, 3.63) is 29.8 Å². The maximum Gasteiger partial charge on any atom is 0.251 e. The van der Waals surface area contributed by atoms with Crippen LogP contribution in [0.2, 0.25) is 0 Å². The van der Waals surface area contributed by atoms with Crippen LogP contribution in [-0.4, -0.2) is 58.6 Å². The molecule has 0 saturated carbocycles. The molecule has 136 valence electrons. The molecular weight excluding hydrogens is 332 g/mol. The molecule has 0 spiro atoms. The van der Waals surface area contributed by atoms with Gasteiger partial charge in [0.05, 0.1) is 12.7 Å². The van der Waals surface area contributed by atoms with E-state index in [-0.39, 0.29) is 24.4 Å². The number of nitrogens with one attached hydrogen (secondary N) is 2. The summed E-state index contributed by atoms with van der Waals surface area (Å²) in [5.74, 6) is 0.683. The van der Waals surface area contributed by atoms with Gasteiger partial charge in [0.1, 0.15) is 12.4 Å². The Kier molecular flexibility index (Phi) is 10.4. The quantitative estimate of drug-likeness (QED) is 0.622. The Labute approximate surface area is 149 Å². The Morgan fingerprint density at radius 3 is 2.71 bits per heavy atom. The Bertz CT molecular complexity index is 464. The Balaban J connectivity index is 0.00000288. The average molecular weight is 359 g/mol. The van der Waals surface area contributed by atoms with E-state index in [0.29, 0.717) is 25.3 Å². The van der Waals surface area contributed by atoms with Gasteiger partial charge in [0.25, 0.3) is 5.91 Å². The molecule has 1 saturated heterocycles. The van der Waals surface area contributed by atoms with E-state index in [2.05, 4.69) is 10.6 Å². The molecule has 24 heavy (non-hydrogen) atoms. The summed E-state index contributed by atoms with van der Waals surface area (Å²) in [4.78, 5) is 12.0. The number of hydrogen-bond donors (Lipinski definition) is 2. The van der Waals surface area contributed by atoms with Gasteiger partial charge in [-0.1, -0.05) is 0 Å². The second kappa shape index (κ2) is 12.1.